The van der Waals surface area contributed by atoms with Crippen LogP contribution < -0.4 is 5.14 Å². The molecule has 1 aromatic heterocycles. The number of primary sulfonamides is 1. The van der Waals surface area contributed by atoms with Crippen molar-refractivity contribution in [2.45, 2.75) is 44.6 Å². The molecule has 15 heteroatoms. The van der Waals surface area contributed by atoms with Gasteiger partial charge in [-0.15, -0.1) is 15.2 Å². The highest BCUT2D eigenvalue weighted by Crippen LogP contribution is 2.22. The Kier molecular flexibility index (Phi) is 9.30. The van der Waals surface area contributed by atoms with Gasteiger partial charge in [-0.05, 0) is 56.0 Å². The van der Waals surface area contributed by atoms with Gasteiger partial charge in [0.05, 0.1) is 18.1 Å². The Hall–Kier alpha value is -4.11. The van der Waals surface area contributed by atoms with Crippen molar-refractivity contribution in [2.24, 2.45) is 5.14 Å². The number of carbonyl (C=O) groups is 1. The van der Waals surface area contributed by atoms with Gasteiger partial charge in [0.2, 0.25) is 10.0 Å². The number of nitrogens with zero attached hydrogens (tertiary/aromatic N) is 4. The summed E-state index contributed by atoms with van der Waals surface area (Å²) in [5.74, 6) is -0.521. The van der Waals surface area contributed by atoms with Gasteiger partial charge in [0.25, 0.3) is 5.09 Å². The van der Waals surface area contributed by atoms with E-state index in [9.17, 15) is 27.7 Å². The van der Waals surface area contributed by atoms with Crippen LogP contribution in [0.25, 0.3) is 5.69 Å². The molecular formula is C23H26FN5O8S. The molecule has 0 saturated carbocycles. The van der Waals surface area contributed by atoms with E-state index in [1.165, 1.54) is 10.7 Å². The average molecular weight is 552 g/mol. The summed E-state index contributed by atoms with van der Waals surface area (Å²) in [4.78, 5) is 30.2. The summed E-state index contributed by atoms with van der Waals surface area (Å²) < 4.78 is 49.3. The van der Waals surface area contributed by atoms with Gasteiger partial charge in [-0.1, -0.05) is 23.8 Å². The zero-order valence-corrected chi connectivity index (χ0v) is 21.4. The van der Waals surface area contributed by atoms with Gasteiger partial charge in [-0.25, -0.2) is 32.4 Å². The highest BCUT2D eigenvalue weighted by Gasteiger charge is 2.19. The molecule has 3 rings (SSSR count). The third kappa shape index (κ3) is 7.94. The van der Waals surface area contributed by atoms with E-state index in [0.717, 1.165) is 28.8 Å². The average Bonchev–Trinajstić information content (AvgIpc) is 3.23. The standard InChI is InChI=1S/C23H26FN5O8S/c1-15-5-6-16(2)17(11-15)12-22-26-21(14-36-23(30)35-9-3-4-10-37-29(31)32)27-28(22)20-8-7-18(13-19(20)24)38(25,33)34/h5-8,11,13H,3-4,9-10,12,14H2,1-2H3,(H2,25,33,34). The smallest absolute Gasteiger partial charge is 0.434 e. The molecular weight excluding hydrogens is 525 g/mol. The van der Waals surface area contributed by atoms with Crippen molar-refractivity contribution in [3.8, 4) is 5.69 Å². The van der Waals surface area contributed by atoms with E-state index in [2.05, 4.69) is 14.9 Å². The molecule has 0 saturated heterocycles. The Balaban J connectivity index is 1.77. The van der Waals surface area contributed by atoms with E-state index in [1.807, 2.05) is 32.0 Å². The van der Waals surface area contributed by atoms with E-state index in [-0.39, 0.29) is 37.8 Å². The molecule has 13 nitrogen and oxygen atoms in total. The second-order valence-electron chi connectivity index (χ2n) is 8.27. The number of carbonyl (C=O) groups excluding carboxylic acids is 1. The molecule has 0 aliphatic carbocycles. The van der Waals surface area contributed by atoms with Gasteiger partial charge < -0.3 is 14.3 Å². The summed E-state index contributed by atoms with van der Waals surface area (Å²) in [5, 5.41) is 18.6. The molecule has 0 radical (unpaired) electrons. The summed E-state index contributed by atoms with van der Waals surface area (Å²) >= 11 is 0. The Labute approximate surface area is 217 Å². The highest BCUT2D eigenvalue weighted by molar-refractivity contribution is 7.89. The number of nitrogens with two attached hydrogens (primary N) is 1. The number of sulfonamides is 1. The summed E-state index contributed by atoms with van der Waals surface area (Å²) in [6.07, 6.45) is -0.120. The largest absolute Gasteiger partial charge is 0.508 e. The van der Waals surface area contributed by atoms with Crippen LogP contribution in [0.4, 0.5) is 9.18 Å². The number of hydrogen-bond acceptors (Lipinski definition) is 10. The molecule has 3 aromatic rings. The predicted molar refractivity (Wildman–Crippen MR) is 130 cm³/mol. The Morgan fingerprint density at radius 3 is 2.55 bits per heavy atom. The first-order valence-electron chi connectivity index (χ1n) is 11.3. The number of aromatic nitrogens is 3. The van der Waals surface area contributed by atoms with Crippen LogP contribution in [0.3, 0.4) is 0 Å². The monoisotopic (exact) mass is 551 g/mol. The molecule has 0 bridgehead atoms. The summed E-state index contributed by atoms with van der Waals surface area (Å²) in [6, 6.07) is 9.02. The van der Waals surface area contributed by atoms with Gasteiger partial charge in [-0.3, -0.25) is 0 Å². The molecule has 0 aliphatic rings. The second-order valence-corrected chi connectivity index (χ2v) is 9.83. The lowest BCUT2D eigenvalue weighted by Gasteiger charge is -2.10. The van der Waals surface area contributed by atoms with Crippen molar-refractivity contribution < 1.29 is 37.0 Å². The molecule has 1 heterocycles. The van der Waals surface area contributed by atoms with Crippen LogP contribution in [0.1, 0.15) is 41.2 Å². The molecule has 204 valence electrons. The first-order chi connectivity index (χ1) is 17.9. The minimum absolute atomic E-state index is 0.0404. The van der Waals surface area contributed by atoms with Crippen LogP contribution in [0.15, 0.2) is 41.3 Å². The highest BCUT2D eigenvalue weighted by atomic mass is 32.2. The zero-order valence-electron chi connectivity index (χ0n) is 20.6. The summed E-state index contributed by atoms with van der Waals surface area (Å²) in [5.41, 5.74) is 2.82. The maximum absolute atomic E-state index is 15.0. The third-order valence-electron chi connectivity index (χ3n) is 5.32. The maximum atomic E-state index is 15.0. The van der Waals surface area contributed by atoms with Crippen molar-refractivity contribution in [2.75, 3.05) is 13.2 Å². The number of rotatable bonds is 12. The number of halogens is 1. The minimum atomic E-state index is -4.12. The number of hydrogen-bond donors (Lipinski definition) is 1. The number of ether oxygens (including phenoxy) is 2. The lowest BCUT2D eigenvalue weighted by atomic mass is 10.0. The molecule has 0 amide bonds. The van der Waals surface area contributed by atoms with Crippen LogP contribution in [0, 0.1) is 29.8 Å². The van der Waals surface area contributed by atoms with Crippen molar-refractivity contribution in [1.29, 1.82) is 0 Å². The van der Waals surface area contributed by atoms with Crippen LogP contribution in [-0.4, -0.2) is 47.6 Å². The topological polar surface area (TPSA) is 179 Å². The van der Waals surface area contributed by atoms with E-state index < -0.39 is 32.0 Å². The van der Waals surface area contributed by atoms with E-state index in [4.69, 9.17) is 14.6 Å². The first-order valence-corrected chi connectivity index (χ1v) is 12.9. The fourth-order valence-corrected chi connectivity index (χ4v) is 3.95. The molecule has 0 atom stereocenters. The minimum Gasteiger partial charge on any atom is -0.434 e. The Morgan fingerprint density at radius 1 is 1.13 bits per heavy atom. The lowest BCUT2D eigenvalue weighted by molar-refractivity contribution is -0.757. The van der Waals surface area contributed by atoms with Gasteiger partial charge >= 0.3 is 6.16 Å². The van der Waals surface area contributed by atoms with Crippen molar-refractivity contribution in [1.82, 2.24) is 14.8 Å². The van der Waals surface area contributed by atoms with Crippen molar-refractivity contribution in [3.63, 3.8) is 0 Å². The quantitative estimate of drug-likeness (QED) is 0.152. The molecule has 0 unspecified atom stereocenters. The molecule has 0 fully saturated rings. The molecule has 2 aromatic carbocycles. The van der Waals surface area contributed by atoms with Crippen LogP contribution in [0.2, 0.25) is 0 Å². The lowest BCUT2D eigenvalue weighted by Crippen LogP contribution is -2.13. The van der Waals surface area contributed by atoms with E-state index in [0.29, 0.717) is 18.7 Å². The number of unbranched alkanes of at least 4 members (excludes halogenated alkanes) is 1. The maximum Gasteiger partial charge on any atom is 0.508 e. The third-order valence-corrected chi connectivity index (χ3v) is 6.23. The summed E-state index contributed by atoms with van der Waals surface area (Å²) in [7, 11) is -4.12. The molecule has 2 N–H and O–H groups in total. The Bertz CT molecular complexity index is 1430. The SMILES string of the molecule is Cc1ccc(C)c(Cc2nc(COC(=O)OCCCCO[N+](=O)[O-])nn2-c2ccc(S(N)(=O)=O)cc2F)c1. The number of benzene rings is 2. The summed E-state index contributed by atoms with van der Waals surface area (Å²) in [6.45, 7) is 3.30. The van der Waals surface area contributed by atoms with Gasteiger partial charge in [-0.2, -0.15) is 0 Å². The fourth-order valence-electron chi connectivity index (χ4n) is 3.42. The molecule has 0 spiro atoms. The van der Waals surface area contributed by atoms with Gasteiger partial charge in [0.15, 0.2) is 12.4 Å². The van der Waals surface area contributed by atoms with E-state index >= 15 is 0 Å². The normalized spacial score (nSPS) is 11.3. The second kappa shape index (κ2) is 12.4. The van der Waals surface area contributed by atoms with Crippen LogP contribution >= 0.6 is 0 Å². The van der Waals surface area contributed by atoms with Crippen LogP contribution in [-0.2, 0) is 37.4 Å². The molecule has 38 heavy (non-hydrogen) atoms. The van der Waals surface area contributed by atoms with Crippen molar-refractivity contribution >= 4 is 16.2 Å². The zero-order chi connectivity index (χ0) is 27.9. The Morgan fingerprint density at radius 2 is 1.87 bits per heavy atom. The van der Waals surface area contributed by atoms with Gasteiger partial charge in [0, 0.05) is 6.42 Å². The van der Waals surface area contributed by atoms with Gasteiger partial charge in [0.1, 0.15) is 17.3 Å². The predicted octanol–water partition coefficient (Wildman–Crippen LogP) is 2.90. The number of aryl methyl sites for hydroxylation is 2. The van der Waals surface area contributed by atoms with Crippen molar-refractivity contribution in [3.05, 3.63) is 80.7 Å². The van der Waals surface area contributed by atoms with Crippen LogP contribution in [0.5, 0.6) is 0 Å². The molecule has 0 aliphatic heterocycles. The van der Waals surface area contributed by atoms with E-state index in [1.54, 1.807) is 0 Å². The first kappa shape index (κ1) is 28.5. The fraction of sp³-hybridized carbons (Fsp3) is 0.348.